The van der Waals surface area contributed by atoms with Gasteiger partial charge < -0.3 is 5.32 Å². The first-order valence-corrected chi connectivity index (χ1v) is 9.56. The number of anilines is 1. The fraction of sp³-hybridized carbons (Fsp3) is 0.176. The average Bonchev–Trinajstić information content (AvgIpc) is 3.10. The molecule has 0 atom stereocenters. The van der Waals surface area contributed by atoms with Gasteiger partial charge in [-0.3, -0.25) is 4.79 Å². The minimum Gasteiger partial charge on any atom is -0.324 e. The van der Waals surface area contributed by atoms with Gasteiger partial charge in [0, 0.05) is 25.3 Å². The molecule has 1 N–H and O–H groups in total. The SMILES string of the molecule is CN(C)S(=O)(=O)c1cccc(NC(=O)Cn2nnc(-c3ccc(F)cc3)n2)c1. The molecule has 0 unspecified atom stereocenters. The lowest BCUT2D eigenvalue weighted by atomic mass is 10.2. The second kappa shape index (κ2) is 7.82. The van der Waals surface area contributed by atoms with Gasteiger partial charge in [0.05, 0.1) is 4.90 Å². The molecule has 146 valence electrons. The fourth-order valence-electron chi connectivity index (χ4n) is 2.30. The molecular formula is C17H17FN6O3S. The maximum absolute atomic E-state index is 13.0. The lowest BCUT2D eigenvalue weighted by Crippen LogP contribution is -2.23. The highest BCUT2D eigenvalue weighted by Crippen LogP contribution is 2.18. The maximum atomic E-state index is 13.0. The summed E-state index contributed by atoms with van der Waals surface area (Å²) < 4.78 is 38.4. The van der Waals surface area contributed by atoms with Crippen LogP contribution < -0.4 is 5.32 Å². The van der Waals surface area contributed by atoms with E-state index < -0.39 is 15.9 Å². The Morgan fingerprint density at radius 1 is 1.18 bits per heavy atom. The number of nitrogens with one attached hydrogen (secondary N) is 1. The first kappa shape index (κ1) is 19.6. The zero-order valence-electron chi connectivity index (χ0n) is 15.1. The number of benzene rings is 2. The minimum atomic E-state index is -3.61. The number of carbonyl (C=O) groups is 1. The Morgan fingerprint density at radius 3 is 2.57 bits per heavy atom. The number of carbonyl (C=O) groups excluding carboxylic acids is 1. The number of nitrogens with zero attached hydrogens (tertiary/aromatic N) is 5. The van der Waals surface area contributed by atoms with Gasteiger partial charge in [-0.25, -0.2) is 17.1 Å². The van der Waals surface area contributed by atoms with E-state index in [2.05, 4.69) is 20.7 Å². The number of rotatable bonds is 6. The van der Waals surface area contributed by atoms with Crippen LogP contribution in [0.25, 0.3) is 11.4 Å². The summed E-state index contributed by atoms with van der Waals surface area (Å²) in [5, 5.41) is 14.3. The van der Waals surface area contributed by atoms with Gasteiger partial charge in [-0.1, -0.05) is 6.07 Å². The summed E-state index contributed by atoms with van der Waals surface area (Å²) in [6.45, 7) is -0.223. The van der Waals surface area contributed by atoms with Crippen molar-refractivity contribution in [3.05, 3.63) is 54.3 Å². The number of sulfonamides is 1. The predicted molar refractivity (Wildman–Crippen MR) is 99.2 cm³/mol. The molecule has 0 aliphatic carbocycles. The molecule has 3 aromatic rings. The summed E-state index contributed by atoms with van der Waals surface area (Å²) >= 11 is 0. The topological polar surface area (TPSA) is 110 Å². The van der Waals surface area contributed by atoms with Gasteiger partial charge >= 0.3 is 0 Å². The summed E-state index contributed by atoms with van der Waals surface area (Å²) in [4.78, 5) is 13.4. The quantitative estimate of drug-likeness (QED) is 0.664. The van der Waals surface area contributed by atoms with Gasteiger partial charge in [-0.2, -0.15) is 4.80 Å². The standard InChI is InChI=1S/C17H17FN6O3S/c1-23(2)28(26,27)15-5-3-4-14(10-15)19-16(25)11-24-21-17(20-22-24)12-6-8-13(18)9-7-12/h3-10H,11H2,1-2H3,(H,19,25). The van der Waals surface area contributed by atoms with Gasteiger partial charge in [-0.15, -0.1) is 10.2 Å². The molecule has 3 rings (SSSR count). The van der Waals surface area contributed by atoms with Crippen LogP contribution >= 0.6 is 0 Å². The predicted octanol–water partition coefficient (Wildman–Crippen LogP) is 1.37. The van der Waals surface area contributed by atoms with Crippen LogP contribution in [-0.4, -0.2) is 52.9 Å². The Bertz CT molecular complexity index is 1100. The van der Waals surface area contributed by atoms with Gasteiger partial charge in [-0.05, 0) is 47.7 Å². The van der Waals surface area contributed by atoms with Crippen molar-refractivity contribution < 1.29 is 17.6 Å². The lowest BCUT2D eigenvalue weighted by Gasteiger charge is -2.12. The highest BCUT2D eigenvalue weighted by Gasteiger charge is 2.18. The first-order chi connectivity index (χ1) is 13.3. The Labute approximate surface area is 160 Å². The number of hydrogen-bond donors (Lipinski definition) is 1. The van der Waals surface area contributed by atoms with E-state index in [4.69, 9.17) is 0 Å². The van der Waals surface area contributed by atoms with E-state index in [1.54, 1.807) is 6.07 Å². The monoisotopic (exact) mass is 404 g/mol. The maximum Gasteiger partial charge on any atom is 0.248 e. The van der Waals surface area contributed by atoms with Crippen molar-refractivity contribution in [3.8, 4) is 11.4 Å². The molecule has 0 saturated heterocycles. The van der Waals surface area contributed by atoms with Gasteiger partial charge in [0.1, 0.15) is 12.4 Å². The third-order valence-electron chi connectivity index (χ3n) is 3.74. The number of tetrazole rings is 1. The Hall–Kier alpha value is -3.18. The van der Waals surface area contributed by atoms with E-state index >= 15 is 0 Å². The van der Waals surface area contributed by atoms with Crippen LogP contribution in [0, 0.1) is 5.82 Å². The van der Waals surface area contributed by atoms with E-state index in [0.717, 1.165) is 9.10 Å². The minimum absolute atomic E-state index is 0.0628. The van der Waals surface area contributed by atoms with E-state index in [9.17, 15) is 17.6 Å². The van der Waals surface area contributed by atoms with Crippen molar-refractivity contribution in [2.45, 2.75) is 11.4 Å². The lowest BCUT2D eigenvalue weighted by molar-refractivity contribution is -0.117. The third kappa shape index (κ3) is 4.38. The molecule has 28 heavy (non-hydrogen) atoms. The van der Waals surface area contributed by atoms with Crippen LogP contribution in [0.15, 0.2) is 53.4 Å². The van der Waals surface area contributed by atoms with Crippen molar-refractivity contribution in [3.63, 3.8) is 0 Å². The molecule has 0 saturated carbocycles. The van der Waals surface area contributed by atoms with Crippen molar-refractivity contribution in [2.24, 2.45) is 0 Å². The Balaban J connectivity index is 1.69. The first-order valence-electron chi connectivity index (χ1n) is 8.12. The number of amides is 1. The van der Waals surface area contributed by atoms with Crippen molar-refractivity contribution >= 4 is 21.6 Å². The highest BCUT2D eigenvalue weighted by molar-refractivity contribution is 7.89. The van der Waals surface area contributed by atoms with E-state index in [-0.39, 0.29) is 23.1 Å². The van der Waals surface area contributed by atoms with Crippen molar-refractivity contribution in [1.29, 1.82) is 0 Å². The van der Waals surface area contributed by atoms with Crippen LogP contribution in [-0.2, 0) is 21.4 Å². The van der Waals surface area contributed by atoms with E-state index in [1.807, 2.05) is 0 Å². The molecule has 0 radical (unpaired) electrons. The van der Waals surface area contributed by atoms with Gasteiger partial charge in [0.25, 0.3) is 0 Å². The number of aromatic nitrogens is 4. The molecule has 2 aromatic carbocycles. The second-order valence-electron chi connectivity index (χ2n) is 6.01. The normalized spacial score (nSPS) is 11.6. The van der Waals surface area contributed by atoms with Gasteiger partial charge in [0.15, 0.2) is 0 Å². The van der Waals surface area contributed by atoms with E-state index in [1.165, 1.54) is 56.6 Å². The molecular weight excluding hydrogens is 387 g/mol. The second-order valence-corrected chi connectivity index (χ2v) is 8.17. The van der Waals surface area contributed by atoms with Crippen molar-refractivity contribution in [1.82, 2.24) is 24.5 Å². The molecule has 0 aliphatic rings. The molecule has 11 heteroatoms. The molecule has 1 heterocycles. The number of halogens is 1. The number of hydrogen-bond acceptors (Lipinski definition) is 6. The third-order valence-corrected chi connectivity index (χ3v) is 5.55. The Morgan fingerprint density at radius 2 is 1.89 bits per heavy atom. The summed E-state index contributed by atoms with van der Waals surface area (Å²) in [6.07, 6.45) is 0. The average molecular weight is 404 g/mol. The highest BCUT2D eigenvalue weighted by atomic mass is 32.2. The molecule has 1 amide bonds. The van der Waals surface area contributed by atoms with Gasteiger partial charge in [0.2, 0.25) is 21.8 Å². The van der Waals surface area contributed by atoms with Crippen LogP contribution in [0.3, 0.4) is 0 Å². The fourth-order valence-corrected chi connectivity index (χ4v) is 3.25. The zero-order chi connectivity index (χ0) is 20.3. The summed E-state index contributed by atoms with van der Waals surface area (Å²) in [5.74, 6) is -0.580. The van der Waals surface area contributed by atoms with Crippen LogP contribution in [0.2, 0.25) is 0 Å². The summed E-state index contributed by atoms with van der Waals surface area (Å²) in [7, 11) is -0.756. The smallest absolute Gasteiger partial charge is 0.248 e. The molecule has 1 aromatic heterocycles. The van der Waals surface area contributed by atoms with Crippen LogP contribution in [0.1, 0.15) is 0 Å². The summed E-state index contributed by atoms with van der Waals surface area (Å²) in [5.41, 5.74) is 0.890. The van der Waals surface area contributed by atoms with Crippen LogP contribution in [0.4, 0.5) is 10.1 Å². The Kier molecular flexibility index (Phi) is 5.47. The summed E-state index contributed by atoms with van der Waals surface area (Å²) in [6, 6.07) is 11.5. The molecule has 0 fully saturated rings. The molecule has 0 aliphatic heterocycles. The van der Waals surface area contributed by atoms with E-state index in [0.29, 0.717) is 11.3 Å². The van der Waals surface area contributed by atoms with Crippen molar-refractivity contribution in [2.75, 3.05) is 19.4 Å². The molecule has 0 spiro atoms. The molecule has 9 nitrogen and oxygen atoms in total. The molecule has 0 bridgehead atoms. The van der Waals surface area contributed by atoms with Crippen LogP contribution in [0.5, 0.6) is 0 Å². The zero-order valence-corrected chi connectivity index (χ0v) is 15.9. The largest absolute Gasteiger partial charge is 0.324 e.